The van der Waals surface area contributed by atoms with Crippen molar-refractivity contribution in [1.29, 1.82) is 0 Å². The van der Waals surface area contributed by atoms with Crippen molar-refractivity contribution in [1.82, 2.24) is 5.32 Å². The molecule has 1 aliphatic carbocycles. The second-order valence-electron chi connectivity index (χ2n) is 7.37. The van der Waals surface area contributed by atoms with Gasteiger partial charge in [-0.15, -0.1) is 0 Å². The fourth-order valence-electron chi connectivity index (χ4n) is 3.76. The number of halogens is 1. The van der Waals surface area contributed by atoms with Crippen LogP contribution in [0.25, 0.3) is 11.3 Å². The first-order valence-corrected chi connectivity index (χ1v) is 9.06. The Kier molecular flexibility index (Phi) is 3.57. The smallest absolute Gasteiger partial charge is 0.323 e. The summed E-state index contributed by atoms with van der Waals surface area (Å²) in [5.74, 6) is -1.10. The van der Waals surface area contributed by atoms with Gasteiger partial charge < -0.3 is 15.2 Å². The van der Waals surface area contributed by atoms with Gasteiger partial charge in [-0.3, -0.25) is 14.9 Å². The zero-order valence-corrected chi connectivity index (χ0v) is 14.8. The number of hydrogen-bond donors (Lipinski definition) is 3. The first-order valence-electron chi connectivity index (χ1n) is 9.06. The highest BCUT2D eigenvalue weighted by Crippen LogP contribution is 2.42. The van der Waals surface area contributed by atoms with E-state index in [0.717, 1.165) is 16.7 Å². The second kappa shape index (κ2) is 5.90. The van der Waals surface area contributed by atoms with Crippen LogP contribution >= 0.6 is 0 Å². The van der Waals surface area contributed by atoms with Gasteiger partial charge in [0, 0.05) is 28.9 Å². The Morgan fingerprint density at radius 3 is 2.79 bits per heavy atom. The van der Waals surface area contributed by atoms with Gasteiger partial charge in [0.05, 0.1) is 5.57 Å². The van der Waals surface area contributed by atoms with Crippen LogP contribution in [0, 0.1) is 5.82 Å². The minimum absolute atomic E-state index is 0.310. The molecule has 5 rings (SSSR count). The number of anilines is 1. The fraction of sp³-hybridized carbons (Fsp3) is 0.238. The van der Waals surface area contributed by atoms with Gasteiger partial charge in [-0.25, -0.2) is 4.39 Å². The summed E-state index contributed by atoms with van der Waals surface area (Å²) < 4.78 is 19.5. The molecule has 2 aliphatic heterocycles. The van der Waals surface area contributed by atoms with Crippen LogP contribution in [0.5, 0.6) is 0 Å². The van der Waals surface area contributed by atoms with Crippen LogP contribution < -0.4 is 10.6 Å². The van der Waals surface area contributed by atoms with Crippen molar-refractivity contribution in [3.8, 4) is 0 Å². The van der Waals surface area contributed by atoms with Crippen LogP contribution in [0.4, 0.5) is 10.1 Å². The van der Waals surface area contributed by atoms with Gasteiger partial charge in [0.15, 0.2) is 0 Å². The number of amides is 1. The number of benzene rings is 2. The van der Waals surface area contributed by atoms with Crippen molar-refractivity contribution in [2.45, 2.75) is 31.5 Å². The summed E-state index contributed by atoms with van der Waals surface area (Å²) in [6.07, 6.45) is 1.27. The minimum Gasteiger partial charge on any atom is -0.487 e. The maximum atomic E-state index is 13.7. The van der Waals surface area contributed by atoms with E-state index in [0.29, 0.717) is 48.6 Å². The largest absolute Gasteiger partial charge is 0.487 e. The molecule has 3 aliphatic rings. The Labute approximate surface area is 160 Å². The molecule has 1 amide bonds. The summed E-state index contributed by atoms with van der Waals surface area (Å²) >= 11 is 0. The molecule has 7 heteroatoms. The van der Waals surface area contributed by atoms with Gasteiger partial charge in [-0.05, 0) is 36.6 Å². The third-order valence-electron chi connectivity index (χ3n) is 5.53. The quantitative estimate of drug-likeness (QED) is 0.710. The van der Waals surface area contributed by atoms with E-state index in [1.165, 1.54) is 18.2 Å². The molecule has 0 bridgehead atoms. The molecule has 0 atom stereocenters. The van der Waals surface area contributed by atoms with Gasteiger partial charge in [0.25, 0.3) is 5.91 Å². The average molecular weight is 380 g/mol. The zero-order valence-electron chi connectivity index (χ0n) is 14.8. The van der Waals surface area contributed by atoms with Crippen molar-refractivity contribution >= 4 is 28.9 Å². The lowest BCUT2D eigenvalue weighted by atomic mass is 9.99. The van der Waals surface area contributed by atoms with Crippen LogP contribution in [0.15, 0.2) is 36.4 Å². The fourth-order valence-corrected chi connectivity index (χ4v) is 3.76. The van der Waals surface area contributed by atoms with E-state index in [9.17, 15) is 19.1 Å². The standard InChI is InChI=1S/C21H17FN2O4/c22-13-2-4-16-15(8-13)17(19(25)24-16)18-14-3-1-11(7-12(14)10-28-18)9-23-21(5-6-21)20(26)27/h1-4,7-8,23H,5-6,9-10H2,(H,24,25)(H,26,27). The summed E-state index contributed by atoms with van der Waals surface area (Å²) in [4.78, 5) is 23.7. The molecule has 0 spiro atoms. The summed E-state index contributed by atoms with van der Waals surface area (Å²) in [7, 11) is 0. The molecule has 1 saturated carbocycles. The van der Waals surface area contributed by atoms with Crippen LogP contribution in [-0.4, -0.2) is 22.5 Å². The van der Waals surface area contributed by atoms with Gasteiger partial charge in [-0.2, -0.15) is 0 Å². The van der Waals surface area contributed by atoms with Crippen molar-refractivity contribution < 1.29 is 23.8 Å². The zero-order chi connectivity index (χ0) is 19.5. The molecule has 142 valence electrons. The summed E-state index contributed by atoms with van der Waals surface area (Å²) in [6, 6.07) is 9.88. The molecule has 6 nitrogen and oxygen atoms in total. The first-order chi connectivity index (χ1) is 13.5. The van der Waals surface area contributed by atoms with Gasteiger partial charge in [0.1, 0.15) is 23.7 Å². The third-order valence-corrected chi connectivity index (χ3v) is 5.53. The number of carboxylic acids is 1. The first kappa shape index (κ1) is 16.9. The van der Waals surface area contributed by atoms with E-state index in [-0.39, 0.29) is 5.91 Å². The van der Waals surface area contributed by atoms with E-state index < -0.39 is 17.3 Å². The Bertz CT molecular complexity index is 1070. The molecule has 1 fully saturated rings. The van der Waals surface area contributed by atoms with Crippen molar-refractivity contribution in [3.63, 3.8) is 0 Å². The number of fused-ring (bicyclic) bond motifs is 2. The Hall–Kier alpha value is -3.19. The topological polar surface area (TPSA) is 87.7 Å². The molecule has 2 aromatic rings. The Balaban J connectivity index is 1.46. The van der Waals surface area contributed by atoms with Gasteiger partial charge in [0.2, 0.25) is 0 Å². The molecule has 0 radical (unpaired) electrons. The molecular weight excluding hydrogens is 363 g/mol. The monoisotopic (exact) mass is 380 g/mol. The van der Waals surface area contributed by atoms with Crippen molar-refractivity contribution in [2.24, 2.45) is 0 Å². The predicted octanol–water partition coefficient (Wildman–Crippen LogP) is 2.88. The van der Waals surface area contributed by atoms with E-state index in [2.05, 4.69) is 10.6 Å². The minimum atomic E-state index is -0.817. The summed E-state index contributed by atoms with van der Waals surface area (Å²) in [5.41, 5.74) is 3.26. The highest BCUT2D eigenvalue weighted by Gasteiger charge is 2.49. The van der Waals surface area contributed by atoms with Gasteiger partial charge in [-0.1, -0.05) is 18.2 Å². The molecular formula is C21H17FN2O4. The number of carboxylic acid groups (broad SMARTS) is 1. The molecule has 0 saturated heterocycles. The lowest BCUT2D eigenvalue weighted by Gasteiger charge is -2.12. The van der Waals surface area contributed by atoms with E-state index in [1.54, 1.807) is 0 Å². The number of ether oxygens (including phenoxy) is 1. The average Bonchev–Trinajstić information content (AvgIpc) is 3.27. The van der Waals surface area contributed by atoms with Crippen LogP contribution in [-0.2, 0) is 27.5 Å². The molecule has 0 aromatic heterocycles. The van der Waals surface area contributed by atoms with E-state index in [4.69, 9.17) is 4.74 Å². The SMILES string of the molecule is O=C1Nc2ccc(F)cc2C1=C1OCc2cc(CNC3(C(=O)O)CC3)ccc21. The van der Waals surface area contributed by atoms with Crippen molar-refractivity contribution in [3.05, 3.63) is 64.5 Å². The Morgan fingerprint density at radius 2 is 2.04 bits per heavy atom. The maximum Gasteiger partial charge on any atom is 0.323 e. The molecule has 3 N–H and O–H groups in total. The predicted molar refractivity (Wildman–Crippen MR) is 99.5 cm³/mol. The van der Waals surface area contributed by atoms with Gasteiger partial charge >= 0.3 is 5.97 Å². The number of carbonyl (C=O) groups excluding carboxylic acids is 1. The highest BCUT2D eigenvalue weighted by atomic mass is 19.1. The summed E-state index contributed by atoms with van der Waals surface area (Å²) in [5, 5.41) is 15.1. The third kappa shape index (κ3) is 2.58. The molecule has 2 aromatic carbocycles. The van der Waals surface area contributed by atoms with Crippen LogP contribution in [0.3, 0.4) is 0 Å². The van der Waals surface area contributed by atoms with Crippen molar-refractivity contribution in [2.75, 3.05) is 5.32 Å². The van der Waals surface area contributed by atoms with E-state index >= 15 is 0 Å². The number of rotatable bonds is 4. The summed E-state index contributed by atoms with van der Waals surface area (Å²) in [6.45, 7) is 0.754. The lowest BCUT2D eigenvalue weighted by molar-refractivity contribution is -0.140. The number of carbonyl (C=O) groups is 2. The van der Waals surface area contributed by atoms with Crippen LogP contribution in [0.1, 0.15) is 35.1 Å². The number of nitrogens with one attached hydrogen (secondary N) is 2. The van der Waals surface area contributed by atoms with E-state index in [1.807, 2.05) is 18.2 Å². The molecule has 0 unspecified atom stereocenters. The van der Waals surface area contributed by atoms with Crippen LogP contribution in [0.2, 0.25) is 0 Å². The molecule has 2 heterocycles. The number of aliphatic carboxylic acids is 1. The number of hydrogen-bond acceptors (Lipinski definition) is 4. The molecule has 28 heavy (non-hydrogen) atoms. The normalized spacial score (nSPS) is 21.0. The second-order valence-corrected chi connectivity index (χ2v) is 7.37. The lowest BCUT2D eigenvalue weighted by Crippen LogP contribution is -2.38. The maximum absolute atomic E-state index is 13.7. The highest BCUT2D eigenvalue weighted by molar-refractivity contribution is 6.36. The Morgan fingerprint density at radius 1 is 1.21 bits per heavy atom.